The maximum absolute atomic E-state index is 13.1. The second-order valence-electron chi connectivity index (χ2n) is 7.38. The summed E-state index contributed by atoms with van der Waals surface area (Å²) in [7, 11) is 0. The van der Waals surface area contributed by atoms with E-state index in [4.69, 9.17) is 0 Å². The van der Waals surface area contributed by atoms with Gasteiger partial charge in [-0.15, -0.1) is 0 Å². The zero-order valence-corrected chi connectivity index (χ0v) is 17.3. The number of anilines is 3. The van der Waals surface area contributed by atoms with Crippen molar-refractivity contribution in [3.63, 3.8) is 0 Å². The van der Waals surface area contributed by atoms with E-state index < -0.39 is 0 Å². The minimum Gasteiger partial charge on any atom is -0.323 e. The van der Waals surface area contributed by atoms with E-state index in [2.05, 4.69) is 20.7 Å². The molecule has 9 nitrogen and oxygen atoms in total. The Hall–Kier alpha value is -4.79. The second kappa shape index (κ2) is 8.39. The molecular formula is C24H18N6O3. The molecule has 0 bridgehead atoms. The summed E-state index contributed by atoms with van der Waals surface area (Å²) < 4.78 is 1.57. The minimum atomic E-state index is -0.296. The molecule has 0 spiro atoms. The van der Waals surface area contributed by atoms with Crippen LogP contribution in [0.1, 0.15) is 20.7 Å². The lowest BCUT2D eigenvalue weighted by Gasteiger charge is -2.29. The van der Waals surface area contributed by atoms with Crippen LogP contribution in [-0.2, 0) is 4.79 Å². The lowest BCUT2D eigenvalue weighted by Crippen LogP contribution is -2.42. The molecule has 3 aromatic carbocycles. The molecule has 9 heteroatoms. The van der Waals surface area contributed by atoms with E-state index in [0.717, 1.165) is 0 Å². The number of hydrogen-bond acceptors (Lipinski definition) is 5. The highest BCUT2D eigenvalue weighted by Gasteiger charge is 2.27. The van der Waals surface area contributed by atoms with Crippen molar-refractivity contribution in [2.45, 2.75) is 0 Å². The molecule has 5 rings (SSSR count). The van der Waals surface area contributed by atoms with E-state index in [1.807, 2.05) is 12.1 Å². The SMILES string of the molecule is O=C1CN(C(=O)c2ccc(NC(=O)c3cccc(-n4cncn4)c3)cc2)c2ccccc2N1. The molecule has 0 fully saturated rings. The Balaban J connectivity index is 1.31. The molecule has 2 heterocycles. The molecule has 0 atom stereocenters. The highest BCUT2D eigenvalue weighted by molar-refractivity contribution is 6.15. The Morgan fingerprint density at radius 3 is 2.55 bits per heavy atom. The number of carbonyl (C=O) groups is 3. The van der Waals surface area contributed by atoms with Crippen molar-refractivity contribution in [3.8, 4) is 5.69 Å². The van der Waals surface area contributed by atoms with Gasteiger partial charge in [-0.05, 0) is 54.6 Å². The molecule has 33 heavy (non-hydrogen) atoms. The van der Waals surface area contributed by atoms with Crippen LogP contribution in [0.5, 0.6) is 0 Å². The zero-order chi connectivity index (χ0) is 22.8. The smallest absolute Gasteiger partial charge is 0.258 e. The lowest BCUT2D eigenvalue weighted by molar-refractivity contribution is -0.115. The zero-order valence-electron chi connectivity index (χ0n) is 17.3. The van der Waals surface area contributed by atoms with Gasteiger partial charge in [0.2, 0.25) is 5.91 Å². The number of benzene rings is 3. The number of nitrogens with zero attached hydrogens (tertiary/aromatic N) is 4. The van der Waals surface area contributed by atoms with Gasteiger partial charge >= 0.3 is 0 Å². The molecule has 4 aromatic rings. The van der Waals surface area contributed by atoms with Crippen molar-refractivity contribution in [2.24, 2.45) is 0 Å². The van der Waals surface area contributed by atoms with Gasteiger partial charge in [-0.1, -0.05) is 18.2 Å². The first-order valence-corrected chi connectivity index (χ1v) is 10.2. The summed E-state index contributed by atoms with van der Waals surface area (Å²) in [6, 6.07) is 20.7. The largest absolute Gasteiger partial charge is 0.323 e. The maximum atomic E-state index is 13.1. The third kappa shape index (κ3) is 4.07. The number of hydrogen-bond donors (Lipinski definition) is 2. The maximum Gasteiger partial charge on any atom is 0.258 e. The molecule has 1 aliphatic rings. The average Bonchev–Trinajstić information content (AvgIpc) is 3.39. The monoisotopic (exact) mass is 438 g/mol. The van der Waals surface area contributed by atoms with Crippen molar-refractivity contribution in [1.29, 1.82) is 0 Å². The van der Waals surface area contributed by atoms with Crippen molar-refractivity contribution < 1.29 is 14.4 Å². The van der Waals surface area contributed by atoms with Crippen LogP contribution >= 0.6 is 0 Å². The van der Waals surface area contributed by atoms with Crippen molar-refractivity contribution in [3.05, 3.63) is 96.6 Å². The molecular weight excluding hydrogens is 420 g/mol. The molecule has 0 saturated carbocycles. The minimum absolute atomic E-state index is 0.0591. The van der Waals surface area contributed by atoms with E-state index in [-0.39, 0.29) is 24.3 Å². The fraction of sp³-hybridized carbons (Fsp3) is 0.0417. The summed E-state index contributed by atoms with van der Waals surface area (Å²) in [6.45, 7) is -0.0591. The van der Waals surface area contributed by atoms with Gasteiger partial charge in [0.1, 0.15) is 19.2 Å². The second-order valence-corrected chi connectivity index (χ2v) is 7.38. The van der Waals surface area contributed by atoms with Crippen molar-refractivity contribution in [1.82, 2.24) is 14.8 Å². The summed E-state index contributed by atoms with van der Waals surface area (Å²) >= 11 is 0. The molecule has 1 aromatic heterocycles. The van der Waals surface area contributed by atoms with Gasteiger partial charge in [-0.2, -0.15) is 5.10 Å². The van der Waals surface area contributed by atoms with E-state index in [0.29, 0.717) is 33.9 Å². The van der Waals surface area contributed by atoms with Crippen LogP contribution in [-0.4, -0.2) is 39.0 Å². The fourth-order valence-corrected chi connectivity index (χ4v) is 3.60. The summed E-state index contributed by atoms with van der Waals surface area (Å²) in [5.74, 6) is -0.840. The molecule has 3 amide bonds. The van der Waals surface area contributed by atoms with E-state index in [1.165, 1.54) is 11.2 Å². The summed E-state index contributed by atoms with van der Waals surface area (Å²) in [5, 5.41) is 9.66. The standard InChI is InChI=1S/C24H18N6O3/c31-22-13-29(21-7-2-1-6-20(21)28-22)24(33)16-8-10-18(11-9-16)27-23(32)17-4-3-5-19(12-17)30-15-25-14-26-30/h1-12,14-15H,13H2,(H,27,32)(H,28,31). The predicted molar refractivity (Wildman–Crippen MR) is 123 cm³/mol. The number of nitrogens with one attached hydrogen (secondary N) is 2. The van der Waals surface area contributed by atoms with E-state index >= 15 is 0 Å². The van der Waals surface area contributed by atoms with Crippen LogP contribution in [0.15, 0.2) is 85.5 Å². The van der Waals surface area contributed by atoms with Crippen molar-refractivity contribution in [2.75, 3.05) is 22.1 Å². The Labute approximate surface area is 188 Å². The van der Waals surface area contributed by atoms with Crippen LogP contribution in [0.25, 0.3) is 5.69 Å². The highest BCUT2D eigenvalue weighted by atomic mass is 16.2. The van der Waals surface area contributed by atoms with Gasteiger partial charge in [-0.3, -0.25) is 19.3 Å². The van der Waals surface area contributed by atoms with Gasteiger partial charge in [0.25, 0.3) is 11.8 Å². The molecule has 162 valence electrons. The first-order chi connectivity index (χ1) is 16.1. The fourth-order valence-electron chi connectivity index (χ4n) is 3.60. The first-order valence-electron chi connectivity index (χ1n) is 10.2. The number of aromatic nitrogens is 3. The third-order valence-corrected chi connectivity index (χ3v) is 5.20. The molecule has 0 unspecified atom stereocenters. The molecule has 2 N–H and O–H groups in total. The average molecular weight is 438 g/mol. The summed E-state index contributed by atoms with van der Waals surface area (Å²) in [5.41, 5.74) is 3.36. The number of rotatable bonds is 4. The Bertz CT molecular complexity index is 1350. The summed E-state index contributed by atoms with van der Waals surface area (Å²) in [4.78, 5) is 43.1. The highest BCUT2D eigenvalue weighted by Crippen LogP contribution is 2.30. The van der Waals surface area contributed by atoms with Crippen LogP contribution in [0.2, 0.25) is 0 Å². The lowest BCUT2D eigenvalue weighted by atomic mass is 10.1. The van der Waals surface area contributed by atoms with Gasteiger partial charge < -0.3 is 10.6 Å². The third-order valence-electron chi connectivity index (χ3n) is 5.20. The predicted octanol–water partition coefficient (Wildman–Crippen LogP) is 3.12. The van der Waals surface area contributed by atoms with Gasteiger partial charge in [0.05, 0.1) is 17.1 Å². The van der Waals surface area contributed by atoms with Gasteiger partial charge in [0.15, 0.2) is 0 Å². The van der Waals surface area contributed by atoms with Gasteiger partial charge in [-0.25, -0.2) is 9.67 Å². The number of carbonyl (C=O) groups excluding carboxylic acids is 3. The number of fused-ring (bicyclic) bond motifs is 1. The molecule has 0 saturated heterocycles. The Morgan fingerprint density at radius 1 is 0.939 bits per heavy atom. The van der Waals surface area contributed by atoms with E-state index in [9.17, 15) is 14.4 Å². The normalized spacial score (nSPS) is 12.6. The van der Waals surface area contributed by atoms with Crippen LogP contribution in [0.4, 0.5) is 17.1 Å². The summed E-state index contributed by atoms with van der Waals surface area (Å²) in [6.07, 6.45) is 2.97. The van der Waals surface area contributed by atoms with Crippen LogP contribution in [0.3, 0.4) is 0 Å². The van der Waals surface area contributed by atoms with Gasteiger partial charge in [0, 0.05) is 16.8 Å². The first kappa shape index (κ1) is 20.1. The Morgan fingerprint density at radius 2 is 1.76 bits per heavy atom. The number of amides is 3. The molecule has 0 radical (unpaired) electrons. The molecule has 1 aliphatic heterocycles. The van der Waals surface area contributed by atoms with E-state index in [1.54, 1.807) is 71.7 Å². The molecule has 0 aliphatic carbocycles. The quantitative estimate of drug-likeness (QED) is 0.509. The number of para-hydroxylation sites is 2. The van der Waals surface area contributed by atoms with Crippen LogP contribution in [0, 0.1) is 0 Å². The Kier molecular flexibility index (Phi) is 5.12. The van der Waals surface area contributed by atoms with Crippen LogP contribution < -0.4 is 15.5 Å². The van der Waals surface area contributed by atoms with Crippen molar-refractivity contribution >= 4 is 34.8 Å². The topological polar surface area (TPSA) is 109 Å².